The lowest BCUT2D eigenvalue weighted by molar-refractivity contribution is 0.0730. The third-order valence-corrected chi connectivity index (χ3v) is 7.81. The van der Waals surface area contributed by atoms with E-state index in [2.05, 4.69) is 17.1 Å². The summed E-state index contributed by atoms with van der Waals surface area (Å²) in [5, 5.41) is 8.69. The molecule has 0 saturated carbocycles. The highest BCUT2D eigenvalue weighted by Crippen LogP contribution is 2.28. The maximum Gasteiger partial charge on any atom is 0.277 e. The smallest absolute Gasteiger partial charge is 0.277 e. The van der Waals surface area contributed by atoms with E-state index in [0.717, 1.165) is 16.7 Å². The van der Waals surface area contributed by atoms with Crippen LogP contribution in [0.15, 0.2) is 57.0 Å². The summed E-state index contributed by atoms with van der Waals surface area (Å²) < 4.78 is 38.2. The molecule has 0 radical (unpaired) electrons. The van der Waals surface area contributed by atoms with Crippen LogP contribution in [0.5, 0.6) is 0 Å². The number of hydrogen-bond acceptors (Lipinski definition) is 7. The van der Waals surface area contributed by atoms with Crippen LogP contribution in [0.1, 0.15) is 16.7 Å². The zero-order valence-electron chi connectivity index (χ0n) is 16.9. The molecular formula is C21H23N3O4S2. The molecule has 0 spiro atoms. The molecule has 7 nitrogen and oxygen atoms in total. The second-order valence-corrected chi connectivity index (χ2v) is 9.99. The lowest BCUT2D eigenvalue weighted by atomic mass is 10.1. The van der Waals surface area contributed by atoms with Gasteiger partial charge in [0.1, 0.15) is 0 Å². The quantitative estimate of drug-likeness (QED) is 0.535. The summed E-state index contributed by atoms with van der Waals surface area (Å²) in [6.45, 7) is 5.71. The Balaban J connectivity index is 1.45. The Bertz CT molecular complexity index is 1140. The molecule has 0 N–H and O–H groups in total. The van der Waals surface area contributed by atoms with Crippen molar-refractivity contribution in [1.29, 1.82) is 0 Å². The van der Waals surface area contributed by atoms with Crippen LogP contribution in [-0.2, 0) is 20.5 Å². The van der Waals surface area contributed by atoms with Gasteiger partial charge in [-0.25, -0.2) is 8.42 Å². The Hall–Kier alpha value is -2.20. The van der Waals surface area contributed by atoms with E-state index in [4.69, 9.17) is 9.15 Å². The van der Waals surface area contributed by atoms with E-state index in [1.165, 1.54) is 21.6 Å². The van der Waals surface area contributed by atoms with Gasteiger partial charge in [0.15, 0.2) is 0 Å². The minimum Gasteiger partial charge on any atom is -0.411 e. The van der Waals surface area contributed by atoms with Gasteiger partial charge in [-0.3, -0.25) is 0 Å². The Morgan fingerprint density at radius 1 is 1.03 bits per heavy atom. The predicted octanol–water partition coefficient (Wildman–Crippen LogP) is 3.67. The van der Waals surface area contributed by atoms with Gasteiger partial charge in [0.25, 0.3) is 5.22 Å². The topological polar surface area (TPSA) is 85.5 Å². The van der Waals surface area contributed by atoms with Crippen molar-refractivity contribution in [2.24, 2.45) is 0 Å². The van der Waals surface area contributed by atoms with Gasteiger partial charge in [0, 0.05) is 24.4 Å². The average Bonchev–Trinajstić information content (AvgIpc) is 3.24. The number of sulfonamides is 1. The number of hydrogen-bond donors (Lipinski definition) is 0. The summed E-state index contributed by atoms with van der Waals surface area (Å²) in [7, 11) is -3.51. The van der Waals surface area contributed by atoms with E-state index >= 15 is 0 Å². The molecule has 30 heavy (non-hydrogen) atoms. The number of aryl methyl sites for hydroxylation is 2. The Morgan fingerprint density at radius 2 is 1.83 bits per heavy atom. The third kappa shape index (κ3) is 4.59. The minimum atomic E-state index is -3.51. The van der Waals surface area contributed by atoms with Crippen molar-refractivity contribution in [3.63, 3.8) is 0 Å². The molecule has 1 aliphatic heterocycles. The van der Waals surface area contributed by atoms with Crippen LogP contribution in [0, 0.1) is 13.8 Å². The predicted molar refractivity (Wildman–Crippen MR) is 115 cm³/mol. The van der Waals surface area contributed by atoms with Crippen LogP contribution in [0.2, 0.25) is 0 Å². The molecule has 1 saturated heterocycles. The molecular weight excluding hydrogens is 422 g/mol. The summed E-state index contributed by atoms with van der Waals surface area (Å²) in [4.78, 5) is 0.295. The largest absolute Gasteiger partial charge is 0.411 e. The van der Waals surface area contributed by atoms with Crippen molar-refractivity contribution in [2.45, 2.75) is 29.7 Å². The zero-order chi connectivity index (χ0) is 21.1. The van der Waals surface area contributed by atoms with Gasteiger partial charge in [-0.05, 0) is 54.8 Å². The fourth-order valence-electron chi connectivity index (χ4n) is 3.14. The van der Waals surface area contributed by atoms with Crippen LogP contribution >= 0.6 is 11.8 Å². The molecule has 0 bridgehead atoms. The fourth-order valence-corrected chi connectivity index (χ4v) is 5.32. The first-order chi connectivity index (χ1) is 14.4. The van der Waals surface area contributed by atoms with Crippen molar-refractivity contribution in [2.75, 3.05) is 26.3 Å². The second kappa shape index (κ2) is 8.89. The first kappa shape index (κ1) is 21.0. The van der Waals surface area contributed by atoms with Gasteiger partial charge >= 0.3 is 0 Å². The number of thioether (sulfide) groups is 1. The number of nitrogens with zero attached hydrogens (tertiary/aromatic N) is 3. The second-order valence-electron chi connectivity index (χ2n) is 7.12. The third-order valence-electron chi connectivity index (χ3n) is 5.03. The fraction of sp³-hybridized carbons (Fsp3) is 0.333. The number of benzene rings is 2. The normalized spacial score (nSPS) is 15.4. The van der Waals surface area contributed by atoms with Crippen molar-refractivity contribution in [3.8, 4) is 11.5 Å². The first-order valence-electron chi connectivity index (χ1n) is 9.64. The van der Waals surface area contributed by atoms with Crippen LogP contribution in [0.25, 0.3) is 11.5 Å². The number of ether oxygens (including phenoxy) is 1. The molecule has 158 valence electrons. The van der Waals surface area contributed by atoms with Crippen molar-refractivity contribution in [1.82, 2.24) is 14.5 Å². The van der Waals surface area contributed by atoms with Gasteiger partial charge in [-0.2, -0.15) is 4.31 Å². The maximum atomic E-state index is 12.8. The molecule has 4 rings (SSSR count). The highest BCUT2D eigenvalue weighted by Gasteiger charge is 2.26. The van der Waals surface area contributed by atoms with Gasteiger partial charge < -0.3 is 9.15 Å². The van der Waals surface area contributed by atoms with Crippen molar-refractivity contribution < 1.29 is 17.6 Å². The molecule has 0 atom stereocenters. The Labute approximate surface area is 180 Å². The maximum absolute atomic E-state index is 12.8. The van der Waals surface area contributed by atoms with Crippen molar-refractivity contribution in [3.05, 3.63) is 59.2 Å². The van der Waals surface area contributed by atoms with Gasteiger partial charge in [-0.1, -0.05) is 30.0 Å². The Kier molecular flexibility index (Phi) is 6.24. The average molecular weight is 446 g/mol. The molecule has 0 amide bonds. The molecule has 0 aliphatic carbocycles. The number of morpholine rings is 1. The highest BCUT2D eigenvalue weighted by atomic mass is 32.2. The van der Waals surface area contributed by atoms with Crippen LogP contribution < -0.4 is 0 Å². The SMILES string of the molecule is Cc1ccc(-c2nnc(SCc3cccc(S(=O)(=O)N4CCOCC4)c3)o2)cc1C. The lowest BCUT2D eigenvalue weighted by Gasteiger charge is -2.26. The minimum absolute atomic E-state index is 0.295. The molecule has 1 aliphatic rings. The van der Waals surface area contributed by atoms with E-state index in [1.807, 2.05) is 31.2 Å². The van der Waals surface area contributed by atoms with Gasteiger partial charge in [0.2, 0.25) is 15.9 Å². The van der Waals surface area contributed by atoms with E-state index in [9.17, 15) is 8.42 Å². The molecule has 2 aromatic carbocycles. The van der Waals surface area contributed by atoms with E-state index in [-0.39, 0.29) is 0 Å². The first-order valence-corrected chi connectivity index (χ1v) is 12.1. The standard InChI is InChI=1S/C21H23N3O4S2/c1-15-6-7-18(12-16(15)2)20-22-23-21(28-20)29-14-17-4-3-5-19(13-17)30(25,26)24-8-10-27-11-9-24/h3-7,12-13H,8-11,14H2,1-2H3. The Morgan fingerprint density at radius 3 is 2.60 bits per heavy atom. The summed E-state index contributed by atoms with van der Waals surface area (Å²) in [5.41, 5.74) is 4.13. The van der Waals surface area contributed by atoms with Gasteiger partial charge in [0.05, 0.1) is 18.1 Å². The number of rotatable bonds is 6. The summed E-state index contributed by atoms with van der Waals surface area (Å²) in [5.74, 6) is 1.00. The molecule has 0 unspecified atom stereocenters. The van der Waals surface area contributed by atoms with Crippen LogP contribution in [-0.4, -0.2) is 49.2 Å². The molecule has 2 heterocycles. The van der Waals surface area contributed by atoms with E-state index in [1.54, 1.807) is 18.2 Å². The van der Waals surface area contributed by atoms with Gasteiger partial charge in [-0.15, -0.1) is 10.2 Å². The molecule has 9 heteroatoms. The number of aromatic nitrogens is 2. The van der Waals surface area contributed by atoms with Crippen LogP contribution in [0.4, 0.5) is 0 Å². The summed E-state index contributed by atoms with van der Waals surface area (Å²) >= 11 is 1.38. The molecule has 1 aromatic heterocycles. The lowest BCUT2D eigenvalue weighted by Crippen LogP contribution is -2.40. The highest BCUT2D eigenvalue weighted by molar-refractivity contribution is 7.98. The zero-order valence-corrected chi connectivity index (χ0v) is 18.5. The molecule has 3 aromatic rings. The van der Waals surface area contributed by atoms with E-state index < -0.39 is 10.0 Å². The van der Waals surface area contributed by atoms with E-state index in [0.29, 0.717) is 48.1 Å². The van der Waals surface area contributed by atoms with Crippen LogP contribution in [0.3, 0.4) is 0 Å². The summed E-state index contributed by atoms with van der Waals surface area (Å²) in [6, 6.07) is 13.0. The summed E-state index contributed by atoms with van der Waals surface area (Å²) in [6.07, 6.45) is 0. The monoisotopic (exact) mass is 445 g/mol. The molecule has 1 fully saturated rings. The van der Waals surface area contributed by atoms with Crippen molar-refractivity contribution >= 4 is 21.8 Å².